The molecule has 0 spiro atoms. The Morgan fingerprint density at radius 3 is 2.00 bits per heavy atom. The maximum Gasteiger partial charge on any atom is 0.257 e. The molecule has 1 aliphatic heterocycles. The van der Waals surface area contributed by atoms with Crippen molar-refractivity contribution in [3.63, 3.8) is 0 Å². The number of halogens is 2. The van der Waals surface area contributed by atoms with Crippen LogP contribution in [0.5, 0.6) is 0 Å². The number of hydrogen-bond donors (Lipinski definition) is 3. The minimum absolute atomic E-state index is 0.280. The molecule has 0 aliphatic carbocycles. The Morgan fingerprint density at radius 1 is 0.920 bits per heavy atom. The van der Waals surface area contributed by atoms with Crippen molar-refractivity contribution in [1.29, 1.82) is 0 Å². The van der Waals surface area contributed by atoms with E-state index in [2.05, 4.69) is 64.6 Å². The number of nitrogens with one attached hydrogen (secondary N) is 3. The molecule has 0 fully saturated rings. The minimum Gasteiger partial charge on any atom is -0.355 e. The van der Waals surface area contributed by atoms with E-state index in [0.29, 0.717) is 23.5 Å². The van der Waals surface area contributed by atoms with E-state index in [0.717, 1.165) is 25.8 Å². The highest BCUT2D eigenvalue weighted by Crippen LogP contribution is 2.52. The Morgan fingerprint density at radius 2 is 1.48 bits per heavy atom. The van der Waals surface area contributed by atoms with Crippen molar-refractivity contribution < 1.29 is 18.4 Å². The summed E-state index contributed by atoms with van der Waals surface area (Å²) in [5.41, 5.74) is 4.17. The zero-order valence-electron chi connectivity index (χ0n) is 30.6. The molecule has 0 saturated carbocycles. The van der Waals surface area contributed by atoms with Gasteiger partial charge in [0.25, 0.3) is 5.91 Å². The first kappa shape index (κ1) is 44.0. The summed E-state index contributed by atoms with van der Waals surface area (Å²) in [6.07, 6.45) is 12.2. The number of thioether (sulfide) groups is 1. The van der Waals surface area contributed by atoms with Gasteiger partial charge in [-0.25, -0.2) is 8.78 Å². The second kappa shape index (κ2) is 25.0. The van der Waals surface area contributed by atoms with Crippen LogP contribution in [0.15, 0.2) is 119 Å². The smallest absolute Gasteiger partial charge is 0.257 e. The predicted molar refractivity (Wildman–Crippen MR) is 215 cm³/mol. The van der Waals surface area contributed by atoms with Gasteiger partial charge in [0.1, 0.15) is 17.9 Å². The van der Waals surface area contributed by atoms with E-state index in [1.165, 1.54) is 57.7 Å². The normalized spacial score (nSPS) is 14.0. The fourth-order valence-electron chi connectivity index (χ4n) is 4.52. The van der Waals surface area contributed by atoms with Gasteiger partial charge in [0, 0.05) is 51.4 Å². The van der Waals surface area contributed by atoms with Crippen LogP contribution in [0.4, 0.5) is 25.8 Å². The van der Waals surface area contributed by atoms with E-state index in [1.54, 1.807) is 30.0 Å². The van der Waals surface area contributed by atoms with Gasteiger partial charge >= 0.3 is 0 Å². The van der Waals surface area contributed by atoms with Crippen LogP contribution in [-0.4, -0.2) is 45.3 Å². The fourth-order valence-corrected chi connectivity index (χ4v) is 7.04. The molecule has 3 N–H and O–H groups in total. The Labute approximate surface area is 304 Å². The maximum absolute atomic E-state index is 13.4. The molecule has 50 heavy (non-hydrogen) atoms. The summed E-state index contributed by atoms with van der Waals surface area (Å²) < 4.78 is 26.8. The molecule has 3 aromatic rings. The van der Waals surface area contributed by atoms with Gasteiger partial charge < -0.3 is 25.6 Å². The van der Waals surface area contributed by atoms with Crippen LogP contribution >= 0.6 is 19.7 Å². The summed E-state index contributed by atoms with van der Waals surface area (Å²) >= 11 is 1.74. The number of hydrogen-bond acceptors (Lipinski definition) is 6. The standard InChI is InChI=1S/C33H35F2N4OPS.C3H6O.2C2H6/c1-23(37-26-14-10-24(34)11-15-26)29(33(40)38-27-16-12-25(35)13-17-27)8-5-6-9-32-39(21-7-20-36-2)30-19-18-28(42-4)22-31(30)41(32)3;1-2-3-4;2*1-2/h5-6,8-19,22,36-37H,1,7,20-21H2,2-4H3,(H,38,40);3H,2H2,1H3;2*1-2H3/b6-5+,29-8+,32-9-;;;. The summed E-state index contributed by atoms with van der Waals surface area (Å²) in [5.74, 6) is -1.17. The van der Waals surface area contributed by atoms with Gasteiger partial charge in [-0.3, -0.25) is 4.79 Å². The van der Waals surface area contributed by atoms with Crippen LogP contribution in [0.2, 0.25) is 0 Å². The first-order valence-electron chi connectivity index (χ1n) is 16.9. The van der Waals surface area contributed by atoms with Crippen molar-refractivity contribution in [3.05, 3.63) is 126 Å². The van der Waals surface area contributed by atoms with Crippen LogP contribution < -0.4 is 26.2 Å². The molecule has 0 radical (unpaired) electrons. The summed E-state index contributed by atoms with van der Waals surface area (Å²) in [4.78, 5) is 26.1. The lowest BCUT2D eigenvalue weighted by Gasteiger charge is -2.22. The highest BCUT2D eigenvalue weighted by molar-refractivity contribution is 7.98. The average molecular weight is 723 g/mol. The highest BCUT2D eigenvalue weighted by atomic mass is 32.2. The zero-order chi connectivity index (χ0) is 37.5. The Kier molecular flexibility index (Phi) is 22.0. The molecule has 10 heteroatoms. The van der Waals surface area contributed by atoms with Crippen molar-refractivity contribution in [2.75, 3.05) is 48.6 Å². The maximum atomic E-state index is 13.4. The van der Waals surface area contributed by atoms with Crippen molar-refractivity contribution in [2.45, 2.75) is 52.4 Å². The van der Waals surface area contributed by atoms with Gasteiger partial charge in [-0.15, -0.1) is 11.8 Å². The van der Waals surface area contributed by atoms with E-state index in [9.17, 15) is 18.4 Å². The van der Waals surface area contributed by atoms with E-state index in [1.807, 2.05) is 53.8 Å². The zero-order valence-corrected chi connectivity index (χ0v) is 32.4. The van der Waals surface area contributed by atoms with Crippen molar-refractivity contribution in [1.82, 2.24) is 5.32 Å². The quantitative estimate of drug-likeness (QED) is 0.0408. The van der Waals surface area contributed by atoms with Crippen LogP contribution in [0.25, 0.3) is 0 Å². The number of anilines is 3. The summed E-state index contributed by atoms with van der Waals surface area (Å²) in [5, 5.41) is 10.5. The van der Waals surface area contributed by atoms with Crippen molar-refractivity contribution in [3.8, 4) is 0 Å². The molecular formula is C40H53F2N4O2PS. The molecule has 6 nitrogen and oxygen atoms in total. The molecule has 1 heterocycles. The monoisotopic (exact) mass is 722 g/mol. The number of allylic oxidation sites excluding steroid dienone is 4. The van der Waals surface area contributed by atoms with Gasteiger partial charge in [0.05, 0.1) is 5.57 Å². The van der Waals surface area contributed by atoms with E-state index < -0.39 is 19.6 Å². The molecule has 3 aromatic carbocycles. The van der Waals surface area contributed by atoms with Gasteiger partial charge in [0.2, 0.25) is 0 Å². The van der Waals surface area contributed by atoms with Crippen molar-refractivity contribution >= 4 is 54.2 Å². The first-order chi connectivity index (χ1) is 24.2. The largest absolute Gasteiger partial charge is 0.355 e. The van der Waals surface area contributed by atoms with Crippen LogP contribution in [-0.2, 0) is 9.59 Å². The van der Waals surface area contributed by atoms with Crippen LogP contribution in [0.1, 0.15) is 47.5 Å². The molecule has 1 atom stereocenters. The number of benzene rings is 3. The first-order valence-corrected chi connectivity index (χ1v) is 19.9. The SMILES string of the molecule is C=C(Nc1ccc(F)cc1)\C(=C/C=C/C=C1/N(CCCNC)c2ccc(SC)cc2P1C)C(=O)Nc1ccc(F)cc1.CC.CC.CCC=O. The minimum atomic E-state index is -0.545. The van der Waals surface area contributed by atoms with Crippen LogP contribution in [0, 0.1) is 11.6 Å². The molecular weight excluding hydrogens is 670 g/mol. The third-order valence-corrected chi connectivity index (χ3v) is 9.74. The fraction of sp³-hybridized carbons (Fsp3) is 0.300. The van der Waals surface area contributed by atoms with Gasteiger partial charge in [-0.05, 0) is 120 Å². The summed E-state index contributed by atoms with van der Waals surface area (Å²) in [6.45, 7) is 18.0. The molecule has 4 rings (SSSR count). The predicted octanol–water partition coefficient (Wildman–Crippen LogP) is 10.1. The second-order valence-corrected chi connectivity index (χ2v) is 13.1. The number of carbonyl (C=O) groups excluding carboxylic acids is 2. The molecule has 1 amide bonds. The molecule has 0 saturated heterocycles. The molecule has 1 unspecified atom stereocenters. The van der Waals surface area contributed by atoms with E-state index in [4.69, 9.17) is 0 Å². The number of rotatable bonds is 13. The molecule has 1 aliphatic rings. The Hall–Kier alpha value is -4.04. The van der Waals surface area contributed by atoms with Gasteiger partial charge in [0.15, 0.2) is 0 Å². The number of carbonyl (C=O) groups is 2. The van der Waals surface area contributed by atoms with Crippen LogP contribution in [0.3, 0.4) is 0 Å². The molecule has 0 aromatic heterocycles. The molecule has 0 bridgehead atoms. The van der Waals surface area contributed by atoms with Gasteiger partial charge in [-0.1, -0.05) is 53.3 Å². The number of amides is 1. The lowest BCUT2D eigenvalue weighted by atomic mass is 10.1. The van der Waals surface area contributed by atoms with E-state index >= 15 is 0 Å². The van der Waals surface area contributed by atoms with Gasteiger partial charge in [-0.2, -0.15) is 0 Å². The molecule has 270 valence electrons. The number of nitrogens with zero attached hydrogens (tertiary/aromatic N) is 1. The number of aldehydes is 1. The third-order valence-electron chi connectivity index (χ3n) is 6.86. The van der Waals surface area contributed by atoms with Crippen molar-refractivity contribution in [2.24, 2.45) is 0 Å². The summed E-state index contributed by atoms with van der Waals surface area (Å²) in [6, 6.07) is 18.0. The highest BCUT2D eigenvalue weighted by Gasteiger charge is 2.30. The Bertz CT molecular complexity index is 1510. The Balaban J connectivity index is 0.00000143. The topological polar surface area (TPSA) is 73.5 Å². The second-order valence-electron chi connectivity index (χ2n) is 10.2. The average Bonchev–Trinajstić information content (AvgIpc) is 3.41. The number of fused-ring (bicyclic) bond motifs is 1. The van der Waals surface area contributed by atoms with E-state index in [-0.39, 0.29) is 11.4 Å². The summed E-state index contributed by atoms with van der Waals surface area (Å²) in [7, 11) is 1.42. The lowest BCUT2D eigenvalue weighted by molar-refractivity contribution is -0.112. The lowest BCUT2D eigenvalue weighted by Crippen LogP contribution is -2.23. The third kappa shape index (κ3) is 14.1.